The second kappa shape index (κ2) is 6.05. The van der Waals surface area contributed by atoms with Crippen LogP contribution >= 0.6 is 0 Å². The molecule has 0 heterocycles. The first-order chi connectivity index (χ1) is 8.07. The van der Waals surface area contributed by atoms with Crippen LogP contribution in [-0.2, 0) is 4.79 Å². The third-order valence-electron chi connectivity index (χ3n) is 3.71. The fourth-order valence-electron chi connectivity index (χ4n) is 2.71. The first-order valence-electron chi connectivity index (χ1n) is 6.80. The van der Waals surface area contributed by atoms with Crippen molar-refractivity contribution >= 4 is 5.91 Å². The summed E-state index contributed by atoms with van der Waals surface area (Å²) in [5.74, 6) is 0.676. The molecule has 0 radical (unpaired) electrons. The number of carbonyl (C=O) groups excluding carboxylic acids is 1. The van der Waals surface area contributed by atoms with Gasteiger partial charge in [-0.2, -0.15) is 5.26 Å². The van der Waals surface area contributed by atoms with Gasteiger partial charge in [0, 0.05) is 6.04 Å². The van der Waals surface area contributed by atoms with Crippen molar-refractivity contribution in [3.63, 3.8) is 0 Å². The van der Waals surface area contributed by atoms with Crippen LogP contribution in [0.15, 0.2) is 0 Å². The van der Waals surface area contributed by atoms with E-state index in [9.17, 15) is 10.1 Å². The van der Waals surface area contributed by atoms with Crippen LogP contribution in [0.5, 0.6) is 0 Å². The van der Waals surface area contributed by atoms with Crippen LogP contribution in [0.25, 0.3) is 0 Å². The molecule has 1 amide bonds. The quantitative estimate of drug-likeness (QED) is 0.770. The molecule has 0 bridgehead atoms. The molecule has 0 saturated heterocycles. The minimum atomic E-state index is -0.789. The van der Waals surface area contributed by atoms with Crippen LogP contribution in [0.1, 0.15) is 59.3 Å². The summed E-state index contributed by atoms with van der Waals surface area (Å²) < 4.78 is 0. The van der Waals surface area contributed by atoms with Crippen LogP contribution < -0.4 is 5.32 Å². The zero-order chi connectivity index (χ0) is 12.9. The lowest BCUT2D eigenvalue weighted by Crippen LogP contribution is -2.49. The first kappa shape index (κ1) is 14.0. The molecular weight excluding hydrogens is 212 g/mol. The number of carbonyl (C=O) groups is 1. The number of amides is 1. The lowest BCUT2D eigenvalue weighted by Gasteiger charge is -2.36. The number of nitrogens with zero attached hydrogens (tertiary/aromatic N) is 1. The Morgan fingerprint density at radius 1 is 1.35 bits per heavy atom. The lowest BCUT2D eigenvalue weighted by molar-refractivity contribution is -0.130. The highest BCUT2D eigenvalue weighted by atomic mass is 16.2. The minimum Gasteiger partial charge on any atom is -0.352 e. The van der Waals surface area contributed by atoms with Crippen molar-refractivity contribution in [2.75, 3.05) is 0 Å². The second-order valence-corrected chi connectivity index (χ2v) is 5.44. The summed E-state index contributed by atoms with van der Waals surface area (Å²) in [4.78, 5) is 12.3. The van der Waals surface area contributed by atoms with E-state index in [2.05, 4.69) is 18.3 Å². The topological polar surface area (TPSA) is 52.9 Å². The van der Waals surface area contributed by atoms with Gasteiger partial charge in [-0.05, 0) is 31.6 Å². The molecule has 17 heavy (non-hydrogen) atoms. The third kappa shape index (κ3) is 3.21. The maximum Gasteiger partial charge on any atom is 0.240 e. The second-order valence-electron chi connectivity index (χ2n) is 5.44. The Hall–Kier alpha value is -1.04. The highest BCUT2D eigenvalue weighted by molar-refractivity contribution is 5.85. The van der Waals surface area contributed by atoms with Gasteiger partial charge in [-0.25, -0.2) is 0 Å². The molecule has 1 fully saturated rings. The Bertz CT molecular complexity index is 294. The first-order valence-corrected chi connectivity index (χ1v) is 6.80. The highest BCUT2D eigenvalue weighted by Crippen LogP contribution is 2.32. The van der Waals surface area contributed by atoms with Gasteiger partial charge in [-0.15, -0.1) is 0 Å². The predicted molar refractivity (Wildman–Crippen MR) is 68.2 cm³/mol. The summed E-state index contributed by atoms with van der Waals surface area (Å²) in [6.07, 6.45) is 5.22. The van der Waals surface area contributed by atoms with E-state index in [4.69, 9.17) is 0 Å². The van der Waals surface area contributed by atoms with Crippen LogP contribution in [0, 0.1) is 22.7 Å². The number of nitriles is 1. The maximum atomic E-state index is 12.3. The van der Waals surface area contributed by atoms with E-state index in [1.165, 1.54) is 0 Å². The zero-order valence-corrected chi connectivity index (χ0v) is 11.3. The molecule has 0 atom stereocenters. The van der Waals surface area contributed by atoms with Crippen molar-refractivity contribution in [2.24, 2.45) is 11.3 Å². The zero-order valence-electron chi connectivity index (χ0n) is 11.3. The van der Waals surface area contributed by atoms with Crippen molar-refractivity contribution < 1.29 is 4.79 Å². The van der Waals surface area contributed by atoms with Crippen LogP contribution in [0.2, 0.25) is 0 Å². The average molecular weight is 236 g/mol. The van der Waals surface area contributed by atoms with Crippen LogP contribution in [0.4, 0.5) is 0 Å². The van der Waals surface area contributed by atoms with Gasteiger partial charge in [0.15, 0.2) is 0 Å². The Morgan fingerprint density at radius 2 is 1.88 bits per heavy atom. The Morgan fingerprint density at radius 3 is 2.24 bits per heavy atom. The number of hydrogen-bond donors (Lipinski definition) is 1. The van der Waals surface area contributed by atoms with Gasteiger partial charge in [0.05, 0.1) is 6.07 Å². The molecule has 1 aliphatic rings. The Balaban J connectivity index is 2.62. The summed E-state index contributed by atoms with van der Waals surface area (Å²) >= 11 is 0. The molecular formula is C14H24N2O. The summed E-state index contributed by atoms with van der Waals surface area (Å²) in [5.41, 5.74) is -0.789. The average Bonchev–Trinajstić information content (AvgIpc) is 2.26. The standard InChI is InChI=1S/C14H24N2O/c1-4-6-14(10-15,7-5-2)13(17)16-12-8-11(3)9-12/h11-12H,4-9H2,1-3H3,(H,16,17). The fourth-order valence-corrected chi connectivity index (χ4v) is 2.71. The minimum absolute atomic E-state index is 0.0411. The van der Waals surface area contributed by atoms with E-state index >= 15 is 0 Å². The van der Waals surface area contributed by atoms with Gasteiger partial charge in [0.2, 0.25) is 5.91 Å². The Kier molecular flexibility index (Phi) is 4.99. The predicted octanol–water partition coefficient (Wildman–Crippen LogP) is 3.01. The molecule has 0 unspecified atom stereocenters. The normalized spacial score (nSPS) is 23.6. The van der Waals surface area contributed by atoms with E-state index in [1.54, 1.807) is 0 Å². The number of nitrogens with one attached hydrogen (secondary N) is 1. The molecule has 96 valence electrons. The van der Waals surface area contributed by atoms with E-state index in [1.807, 2.05) is 13.8 Å². The highest BCUT2D eigenvalue weighted by Gasteiger charge is 2.39. The molecule has 0 aromatic heterocycles. The van der Waals surface area contributed by atoms with E-state index in [0.717, 1.165) is 25.7 Å². The van der Waals surface area contributed by atoms with Gasteiger partial charge in [0.25, 0.3) is 0 Å². The lowest BCUT2D eigenvalue weighted by atomic mass is 9.77. The summed E-state index contributed by atoms with van der Waals surface area (Å²) in [6.45, 7) is 6.25. The van der Waals surface area contributed by atoms with E-state index in [-0.39, 0.29) is 5.91 Å². The van der Waals surface area contributed by atoms with Crippen molar-refractivity contribution in [3.8, 4) is 6.07 Å². The summed E-state index contributed by atoms with van der Waals surface area (Å²) in [7, 11) is 0. The molecule has 3 nitrogen and oxygen atoms in total. The van der Waals surface area contributed by atoms with Crippen molar-refractivity contribution in [1.29, 1.82) is 5.26 Å². The van der Waals surface area contributed by atoms with Crippen LogP contribution in [-0.4, -0.2) is 11.9 Å². The molecule has 1 saturated carbocycles. The molecule has 0 aromatic rings. The van der Waals surface area contributed by atoms with Gasteiger partial charge >= 0.3 is 0 Å². The van der Waals surface area contributed by atoms with Crippen molar-refractivity contribution in [2.45, 2.75) is 65.3 Å². The smallest absolute Gasteiger partial charge is 0.240 e. The molecule has 1 rings (SSSR count). The maximum absolute atomic E-state index is 12.3. The van der Waals surface area contributed by atoms with Gasteiger partial charge in [-0.1, -0.05) is 33.6 Å². The van der Waals surface area contributed by atoms with E-state index < -0.39 is 5.41 Å². The van der Waals surface area contributed by atoms with Crippen molar-refractivity contribution in [1.82, 2.24) is 5.32 Å². The SMILES string of the molecule is CCCC(C#N)(CCC)C(=O)NC1CC(C)C1. The van der Waals surface area contributed by atoms with Gasteiger partial charge in [-0.3, -0.25) is 4.79 Å². The van der Waals surface area contributed by atoms with E-state index in [0.29, 0.717) is 24.8 Å². The molecule has 0 aliphatic heterocycles. The largest absolute Gasteiger partial charge is 0.352 e. The third-order valence-corrected chi connectivity index (χ3v) is 3.71. The summed E-state index contributed by atoms with van der Waals surface area (Å²) in [5, 5.41) is 12.4. The van der Waals surface area contributed by atoms with Gasteiger partial charge < -0.3 is 5.32 Å². The monoisotopic (exact) mass is 236 g/mol. The molecule has 0 spiro atoms. The van der Waals surface area contributed by atoms with Crippen LogP contribution in [0.3, 0.4) is 0 Å². The number of hydrogen-bond acceptors (Lipinski definition) is 2. The Labute approximate surface area is 105 Å². The fraction of sp³-hybridized carbons (Fsp3) is 0.857. The molecule has 1 aliphatic carbocycles. The van der Waals surface area contributed by atoms with Crippen molar-refractivity contribution in [3.05, 3.63) is 0 Å². The molecule has 0 aromatic carbocycles. The van der Waals surface area contributed by atoms with Gasteiger partial charge in [0.1, 0.15) is 5.41 Å². The summed E-state index contributed by atoms with van der Waals surface area (Å²) in [6, 6.07) is 2.57. The molecule has 3 heteroatoms. The molecule has 1 N–H and O–H groups in total. The number of rotatable bonds is 6.